The second-order valence-electron chi connectivity index (χ2n) is 8.46. The fraction of sp³-hybridized carbons (Fsp3) is 0.684. The fourth-order valence-corrected chi connectivity index (χ4v) is 3.71. The molecule has 2 fully saturated rings. The maximum absolute atomic E-state index is 10.4. The first-order valence-electron chi connectivity index (χ1n) is 9.06. The van der Waals surface area contributed by atoms with Crippen molar-refractivity contribution >= 4 is 8.32 Å². The van der Waals surface area contributed by atoms with Crippen LogP contribution >= 0.6 is 0 Å². The number of rotatable bonds is 6. The lowest BCUT2D eigenvalue weighted by Crippen LogP contribution is -2.51. The van der Waals surface area contributed by atoms with Crippen LogP contribution in [0.25, 0.3) is 0 Å². The summed E-state index contributed by atoms with van der Waals surface area (Å²) in [4.78, 5) is 0. The Kier molecular flexibility index (Phi) is 5.38. The molecule has 26 heavy (non-hydrogen) atoms. The number of aliphatic hydroxyl groups is 1. The van der Waals surface area contributed by atoms with Crippen LogP contribution < -0.4 is 9.47 Å². The summed E-state index contributed by atoms with van der Waals surface area (Å²) in [5.74, 6) is 1.43. The number of epoxide rings is 1. The number of fused-ring (bicyclic) bond motifs is 1. The van der Waals surface area contributed by atoms with E-state index >= 15 is 0 Å². The summed E-state index contributed by atoms with van der Waals surface area (Å²) in [5.41, 5.74) is 0. The van der Waals surface area contributed by atoms with E-state index in [1.54, 1.807) is 7.11 Å². The first kappa shape index (κ1) is 19.6. The third kappa shape index (κ3) is 4.07. The Morgan fingerprint density at radius 2 is 1.65 bits per heavy atom. The molecule has 6 nitrogen and oxygen atoms in total. The molecule has 0 bridgehead atoms. The zero-order valence-electron chi connectivity index (χ0n) is 16.4. The van der Waals surface area contributed by atoms with Gasteiger partial charge in [0, 0.05) is 0 Å². The molecule has 2 aliphatic rings. The van der Waals surface area contributed by atoms with Gasteiger partial charge in [0.2, 0.25) is 6.29 Å². The highest BCUT2D eigenvalue weighted by atomic mass is 28.4. The molecule has 146 valence electrons. The SMILES string of the molecule is COc1ccc(O[C@H]2O[C@H](CO[Si](C)(C)C(C)(C)C)[C@@H](O)[C@@H]3O[C@H]23)cc1. The van der Waals surface area contributed by atoms with Crippen molar-refractivity contribution in [2.24, 2.45) is 0 Å². The molecule has 2 aliphatic heterocycles. The van der Waals surface area contributed by atoms with E-state index in [-0.39, 0.29) is 17.2 Å². The molecule has 2 heterocycles. The number of methoxy groups -OCH3 is 1. The lowest BCUT2D eigenvalue weighted by atomic mass is 10.1. The van der Waals surface area contributed by atoms with Crippen molar-refractivity contribution in [3.8, 4) is 11.5 Å². The minimum Gasteiger partial charge on any atom is -0.497 e. The number of hydrogen-bond acceptors (Lipinski definition) is 6. The molecule has 1 N–H and O–H groups in total. The molecule has 0 unspecified atom stereocenters. The molecule has 0 aromatic heterocycles. The van der Waals surface area contributed by atoms with Gasteiger partial charge < -0.3 is 28.5 Å². The Labute approximate surface area is 156 Å². The number of aliphatic hydroxyl groups excluding tert-OH is 1. The standard InChI is InChI=1S/C19H30O6Si/c1-19(2,3)26(5,6)22-11-14-15(20)16-17(25-16)18(24-14)23-13-9-7-12(21-4)8-10-13/h7-10,14-18,20H,11H2,1-6H3/t14-,15-,16+,17+,18+/m1/s1. The summed E-state index contributed by atoms with van der Waals surface area (Å²) in [6, 6.07) is 7.31. The van der Waals surface area contributed by atoms with Gasteiger partial charge in [-0.1, -0.05) is 20.8 Å². The largest absolute Gasteiger partial charge is 0.497 e. The van der Waals surface area contributed by atoms with Gasteiger partial charge in [-0.25, -0.2) is 0 Å². The first-order chi connectivity index (χ1) is 12.1. The van der Waals surface area contributed by atoms with E-state index in [1.165, 1.54) is 0 Å². The van der Waals surface area contributed by atoms with Gasteiger partial charge >= 0.3 is 0 Å². The molecule has 0 spiro atoms. The highest BCUT2D eigenvalue weighted by molar-refractivity contribution is 6.74. The highest BCUT2D eigenvalue weighted by Gasteiger charge is 2.59. The summed E-state index contributed by atoms with van der Waals surface area (Å²) in [5, 5.41) is 10.5. The Balaban J connectivity index is 1.61. The molecule has 1 aromatic rings. The normalized spacial score (nSPS) is 31.3. The van der Waals surface area contributed by atoms with Crippen molar-refractivity contribution in [1.82, 2.24) is 0 Å². The average molecular weight is 383 g/mol. The second kappa shape index (κ2) is 7.13. The summed E-state index contributed by atoms with van der Waals surface area (Å²) < 4.78 is 28.9. The van der Waals surface area contributed by atoms with Gasteiger partial charge in [-0.2, -0.15) is 0 Å². The molecular weight excluding hydrogens is 352 g/mol. The lowest BCUT2D eigenvalue weighted by Gasteiger charge is -2.39. The second-order valence-corrected chi connectivity index (χ2v) is 13.3. The van der Waals surface area contributed by atoms with Crippen molar-refractivity contribution in [2.45, 2.75) is 69.6 Å². The molecule has 2 saturated heterocycles. The number of hydrogen-bond donors (Lipinski definition) is 1. The Hall–Kier alpha value is -1.12. The molecule has 0 aliphatic carbocycles. The summed E-state index contributed by atoms with van der Waals surface area (Å²) >= 11 is 0. The van der Waals surface area contributed by atoms with Crippen LogP contribution in [0.3, 0.4) is 0 Å². The van der Waals surface area contributed by atoms with Gasteiger partial charge in [-0.05, 0) is 42.4 Å². The fourth-order valence-electron chi connectivity index (χ4n) is 2.70. The molecule has 0 amide bonds. The van der Waals surface area contributed by atoms with Crippen LogP contribution in [0.4, 0.5) is 0 Å². The molecule has 5 atom stereocenters. The van der Waals surface area contributed by atoms with Crippen LogP contribution in [0.1, 0.15) is 20.8 Å². The van der Waals surface area contributed by atoms with E-state index < -0.39 is 26.8 Å². The van der Waals surface area contributed by atoms with E-state index in [2.05, 4.69) is 33.9 Å². The van der Waals surface area contributed by atoms with Crippen molar-refractivity contribution in [1.29, 1.82) is 0 Å². The quantitative estimate of drug-likeness (QED) is 0.603. The third-order valence-corrected chi connectivity index (χ3v) is 10.1. The van der Waals surface area contributed by atoms with Gasteiger partial charge in [-0.15, -0.1) is 0 Å². The summed E-state index contributed by atoms with van der Waals surface area (Å²) in [6.07, 6.45) is -2.20. The van der Waals surface area contributed by atoms with Crippen molar-refractivity contribution in [2.75, 3.05) is 13.7 Å². The molecular formula is C19H30O6Si. The van der Waals surface area contributed by atoms with Crippen LogP contribution in [-0.4, -0.2) is 57.8 Å². The van der Waals surface area contributed by atoms with Gasteiger partial charge in [0.15, 0.2) is 8.32 Å². The predicted molar refractivity (Wildman–Crippen MR) is 100 cm³/mol. The van der Waals surface area contributed by atoms with Crippen LogP contribution in [0.15, 0.2) is 24.3 Å². The lowest BCUT2D eigenvalue weighted by molar-refractivity contribution is -0.181. The number of benzene rings is 1. The number of ether oxygens (including phenoxy) is 4. The minimum absolute atomic E-state index is 0.101. The van der Waals surface area contributed by atoms with Crippen LogP contribution in [0, 0.1) is 0 Å². The summed E-state index contributed by atoms with van der Waals surface area (Å²) in [7, 11) is -0.298. The summed E-state index contributed by atoms with van der Waals surface area (Å²) in [6.45, 7) is 11.3. The monoisotopic (exact) mass is 382 g/mol. The smallest absolute Gasteiger partial charge is 0.229 e. The van der Waals surface area contributed by atoms with Crippen LogP contribution in [-0.2, 0) is 13.9 Å². The Bertz CT molecular complexity index is 611. The van der Waals surface area contributed by atoms with E-state index in [0.717, 1.165) is 5.75 Å². The van der Waals surface area contributed by atoms with Gasteiger partial charge in [0.05, 0.1) is 13.7 Å². The van der Waals surface area contributed by atoms with E-state index in [0.29, 0.717) is 12.4 Å². The first-order valence-corrected chi connectivity index (χ1v) is 12.0. The maximum atomic E-state index is 10.4. The topological polar surface area (TPSA) is 69.7 Å². The predicted octanol–water partition coefficient (Wildman–Crippen LogP) is 2.95. The molecule has 7 heteroatoms. The van der Waals surface area contributed by atoms with Crippen molar-refractivity contribution < 1.29 is 28.5 Å². The van der Waals surface area contributed by atoms with Gasteiger partial charge in [0.25, 0.3) is 0 Å². The molecule has 3 rings (SSSR count). The van der Waals surface area contributed by atoms with Crippen molar-refractivity contribution in [3.63, 3.8) is 0 Å². The van der Waals surface area contributed by atoms with Crippen LogP contribution in [0.2, 0.25) is 18.1 Å². The average Bonchev–Trinajstić information content (AvgIpc) is 3.37. The third-order valence-electron chi connectivity index (χ3n) is 5.58. The molecule has 0 radical (unpaired) electrons. The van der Waals surface area contributed by atoms with Crippen LogP contribution in [0.5, 0.6) is 11.5 Å². The Morgan fingerprint density at radius 1 is 1.04 bits per heavy atom. The van der Waals surface area contributed by atoms with E-state index in [4.69, 9.17) is 23.4 Å². The maximum Gasteiger partial charge on any atom is 0.229 e. The van der Waals surface area contributed by atoms with E-state index in [1.807, 2.05) is 24.3 Å². The van der Waals surface area contributed by atoms with Gasteiger partial charge in [-0.3, -0.25) is 0 Å². The molecule has 0 saturated carbocycles. The highest BCUT2D eigenvalue weighted by Crippen LogP contribution is 2.40. The van der Waals surface area contributed by atoms with Gasteiger partial charge in [0.1, 0.15) is 35.9 Å². The minimum atomic E-state index is -1.92. The van der Waals surface area contributed by atoms with Crippen molar-refractivity contribution in [3.05, 3.63) is 24.3 Å². The zero-order chi connectivity index (χ0) is 19.1. The molecule has 1 aromatic carbocycles. The zero-order valence-corrected chi connectivity index (χ0v) is 17.4. The Morgan fingerprint density at radius 3 is 2.23 bits per heavy atom. The van der Waals surface area contributed by atoms with E-state index in [9.17, 15) is 5.11 Å².